The molecule has 0 aliphatic carbocycles. The fourth-order valence-electron chi connectivity index (χ4n) is 3.10. The number of para-hydroxylation sites is 1. The molecule has 4 aromatic rings. The van der Waals surface area contributed by atoms with Gasteiger partial charge in [-0.25, -0.2) is 4.98 Å². The van der Waals surface area contributed by atoms with Gasteiger partial charge >= 0.3 is 0 Å². The molecule has 28 heavy (non-hydrogen) atoms. The van der Waals surface area contributed by atoms with Crippen LogP contribution >= 0.6 is 0 Å². The average molecular weight is 369 g/mol. The molecule has 1 aromatic heterocycles. The van der Waals surface area contributed by atoms with E-state index in [4.69, 9.17) is 0 Å². The van der Waals surface area contributed by atoms with Crippen LogP contribution in [-0.4, -0.2) is 15.5 Å². The number of aryl methyl sites for hydroxylation is 2. The molecule has 1 amide bonds. The minimum absolute atomic E-state index is 0.143. The predicted octanol–water partition coefficient (Wildman–Crippen LogP) is 4.25. The molecule has 138 valence electrons. The Morgan fingerprint density at radius 3 is 2.50 bits per heavy atom. The molecule has 0 fully saturated rings. The SMILES string of the molecule is Cc1ccc(C(=O)Nc2ccc(C)c(-n3cnc4ccccc4c3=O)c2)cc1. The summed E-state index contributed by atoms with van der Waals surface area (Å²) in [5, 5.41) is 3.45. The molecule has 0 atom stereocenters. The van der Waals surface area contributed by atoms with Gasteiger partial charge in [-0.2, -0.15) is 0 Å². The van der Waals surface area contributed by atoms with Crippen LogP contribution in [0.25, 0.3) is 16.6 Å². The molecule has 1 N–H and O–H groups in total. The highest BCUT2D eigenvalue weighted by Crippen LogP contribution is 2.20. The topological polar surface area (TPSA) is 64.0 Å². The van der Waals surface area contributed by atoms with Crippen molar-refractivity contribution in [1.82, 2.24) is 9.55 Å². The number of anilines is 1. The monoisotopic (exact) mass is 369 g/mol. The molecule has 3 aromatic carbocycles. The Labute approximate surface area is 162 Å². The molecule has 5 heteroatoms. The number of fused-ring (bicyclic) bond motifs is 1. The summed E-state index contributed by atoms with van der Waals surface area (Å²) in [4.78, 5) is 29.8. The molecular weight excluding hydrogens is 350 g/mol. The van der Waals surface area contributed by atoms with Crippen molar-refractivity contribution in [2.24, 2.45) is 0 Å². The van der Waals surface area contributed by atoms with E-state index >= 15 is 0 Å². The van der Waals surface area contributed by atoms with Gasteiger partial charge < -0.3 is 5.32 Å². The molecule has 1 heterocycles. The lowest BCUT2D eigenvalue weighted by molar-refractivity contribution is 0.102. The van der Waals surface area contributed by atoms with Crippen LogP contribution in [0.2, 0.25) is 0 Å². The zero-order chi connectivity index (χ0) is 19.7. The van der Waals surface area contributed by atoms with E-state index in [9.17, 15) is 9.59 Å². The van der Waals surface area contributed by atoms with Crippen molar-refractivity contribution in [2.75, 3.05) is 5.32 Å². The van der Waals surface area contributed by atoms with Crippen LogP contribution < -0.4 is 10.9 Å². The largest absolute Gasteiger partial charge is 0.322 e. The first-order chi connectivity index (χ1) is 13.5. The van der Waals surface area contributed by atoms with Gasteiger partial charge in [0.25, 0.3) is 11.5 Å². The normalized spacial score (nSPS) is 10.8. The number of benzene rings is 3. The number of aromatic nitrogens is 2. The van der Waals surface area contributed by atoms with Crippen molar-refractivity contribution in [2.45, 2.75) is 13.8 Å². The van der Waals surface area contributed by atoms with E-state index in [1.54, 1.807) is 24.3 Å². The van der Waals surface area contributed by atoms with Crippen LogP contribution in [0.3, 0.4) is 0 Å². The number of nitrogens with one attached hydrogen (secondary N) is 1. The zero-order valence-electron chi connectivity index (χ0n) is 15.6. The number of hydrogen-bond acceptors (Lipinski definition) is 3. The van der Waals surface area contributed by atoms with Gasteiger partial charge in [0.2, 0.25) is 0 Å². The molecule has 0 radical (unpaired) electrons. The number of carbonyl (C=O) groups is 1. The number of nitrogens with zero attached hydrogens (tertiary/aromatic N) is 2. The summed E-state index contributed by atoms with van der Waals surface area (Å²) in [6.45, 7) is 3.89. The van der Waals surface area contributed by atoms with Crippen molar-refractivity contribution >= 4 is 22.5 Å². The highest BCUT2D eigenvalue weighted by Gasteiger charge is 2.11. The fraction of sp³-hybridized carbons (Fsp3) is 0.0870. The standard InChI is InChI=1S/C23H19N3O2/c1-15-7-10-17(11-8-15)22(27)25-18-12-9-16(2)21(13-18)26-14-24-20-6-4-3-5-19(20)23(26)28/h3-14H,1-2H3,(H,25,27). The van der Waals surface area contributed by atoms with Gasteiger partial charge in [-0.1, -0.05) is 35.9 Å². The summed E-state index contributed by atoms with van der Waals surface area (Å²) in [5.41, 5.74) is 4.40. The van der Waals surface area contributed by atoms with Gasteiger partial charge in [0, 0.05) is 11.3 Å². The number of hydrogen-bond donors (Lipinski definition) is 1. The third kappa shape index (κ3) is 3.30. The Kier molecular flexibility index (Phi) is 4.49. The summed E-state index contributed by atoms with van der Waals surface area (Å²) < 4.78 is 1.51. The van der Waals surface area contributed by atoms with Crippen molar-refractivity contribution in [3.8, 4) is 5.69 Å². The van der Waals surface area contributed by atoms with Gasteiger partial charge in [0.15, 0.2) is 0 Å². The van der Waals surface area contributed by atoms with Gasteiger partial charge in [0.05, 0.1) is 16.6 Å². The maximum Gasteiger partial charge on any atom is 0.265 e. The highest BCUT2D eigenvalue weighted by atomic mass is 16.1. The van der Waals surface area contributed by atoms with Crippen molar-refractivity contribution in [3.63, 3.8) is 0 Å². The average Bonchev–Trinajstić information content (AvgIpc) is 2.71. The van der Waals surface area contributed by atoms with Crippen LogP contribution in [0.5, 0.6) is 0 Å². The third-order valence-electron chi connectivity index (χ3n) is 4.71. The molecule has 0 aliphatic heterocycles. The summed E-state index contributed by atoms with van der Waals surface area (Å²) in [7, 11) is 0. The first-order valence-electron chi connectivity index (χ1n) is 8.98. The molecule has 0 unspecified atom stereocenters. The second kappa shape index (κ2) is 7.12. The summed E-state index contributed by atoms with van der Waals surface area (Å²) in [5.74, 6) is -0.196. The quantitative estimate of drug-likeness (QED) is 0.587. The Morgan fingerprint density at radius 1 is 0.964 bits per heavy atom. The van der Waals surface area contributed by atoms with Crippen molar-refractivity contribution in [3.05, 3.63) is 100 Å². The third-order valence-corrected chi connectivity index (χ3v) is 4.71. The van der Waals surface area contributed by atoms with Crippen LogP contribution in [0.1, 0.15) is 21.5 Å². The Balaban J connectivity index is 1.72. The summed E-state index contributed by atoms with van der Waals surface area (Å²) in [6.07, 6.45) is 1.53. The first-order valence-corrected chi connectivity index (χ1v) is 8.98. The molecule has 4 rings (SSSR count). The lowest BCUT2D eigenvalue weighted by Gasteiger charge is -2.13. The van der Waals surface area contributed by atoms with E-state index < -0.39 is 0 Å². The Morgan fingerprint density at radius 2 is 1.71 bits per heavy atom. The van der Waals surface area contributed by atoms with Crippen LogP contribution in [0, 0.1) is 13.8 Å². The maximum absolute atomic E-state index is 12.9. The molecule has 5 nitrogen and oxygen atoms in total. The summed E-state index contributed by atoms with van der Waals surface area (Å²) in [6, 6.07) is 20.1. The van der Waals surface area contributed by atoms with Crippen molar-refractivity contribution in [1.29, 1.82) is 0 Å². The molecule has 0 aliphatic rings. The highest BCUT2D eigenvalue weighted by molar-refractivity contribution is 6.04. The van der Waals surface area contributed by atoms with Crippen molar-refractivity contribution < 1.29 is 4.79 Å². The number of carbonyl (C=O) groups excluding carboxylic acids is 1. The van der Waals surface area contributed by atoms with E-state index in [2.05, 4.69) is 10.3 Å². The minimum atomic E-state index is -0.196. The Hall–Kier alpha value is -3.73. The second-order valence-corrected chi connectivity index (χ2v) is 6.76. The van der Waals surface area contributed by atoms with Gasteiger partial charge in [0.1, 0.15) is 6.33 Å². The second-order valence-electron chi connectivity index (χ2n) is 6.76. The first kappa shape index (κ1) is 17.7. The molecular formula is C23H19N3O2. The van der Waals surface area contributed by atoms with Gasteiger partial charge in [-0.05, 0) is 55.8 Å². The lowest BCUT2D eigenvalue weighted by Crippen LogP contribution is -2.20. The van der Waals surface area contributed by atoms with E-state index in [1.165, 1.54) is 10.9 Å². The fourth-order valence-corrected chi connectivity index (χ4v) is 3.10. The maximum atomic E-state index is 12.9. The number of amides is 1. The van der Waals surface area contributed by atoms with E-state index in [0.717, 1.165) is 11.1 Å². The van der Waals surface area contributed by atoms with E-state index in [1.807, 2.05) is 56.3 Å². The smallest absolute Gasteiger partial charge is 0.265 e. The minimum Gasteiger partial charge on any atom is -0.322 e. The molecule has 0 saturated carbocycles. The molecule has 0 spiro atoms. The van der Waals surface area contributed by atoms with Gasteiger partial charge in [-0.15, -0.1) is 0 Å². The van der Waals surface area contributed by atoms with E-state index in [0.29, 0.717) is 27.8 Å². The van der Waals surface area contributed by atoms with Crippen LogP contribution in [-0.2, 0) is 0 Å². The summed E-state index contributed by atoms with van der Waals surface area (Å²) >= 11 is 0. The molecule has 0 bridgehead atoms. The van der Waals surface area contributed by atoms with Crippen LogP contribution in [0.4, 0.5) is 5.69 Å². The Bertz CT molecular complexity index is 1240. The number of rotatable bonds is 3. The molecule has 0 saturated heterocycles. The van der Waals surface area contributed by atoms with E-state index in [-0.39, 0.29) is 11.5 Å². The predicted molar refractivity (Wildman–Crippen MR) is 111 cm³/mol. The zero-order valence-corrected chi connectivity index (χ0v) is 15.6. The van der Waals surface area contributed by atoms with Crippen LogP contribution in [0.15, 0.2) is 77.9 Å². The van der Waals surface area contributed by atoms with Gasteiger partial charge in [-0.3, -0.25) is 14.2 Å². The lowest BCUT2D eigenvalue weighted by atomic mass is 10.1.